The summed E-state index contributed by atoms with van der Waals surface area (Å²) in [4.78, 5) is 22.8. The van der Waals surface area contributed by atoms with Gasteiger partial charge in [-0.05, 0) is 36.2 Å². The number of benzene rings is 2. The van der Waals surface area contributed by atoms with Gasteiger partial charge < -0.3 is 9.30 Å². The van der Waals surface area contributed by atoms with E-state index in [4.69, 9.17) is 16.3 Å². The zero-order valence-corrected chi connectivity index (χ0v) is 17.6. The average molecular weight is 421 g/mol. The first-order chi connectivity index (χ1) is 14.5. The number of nitrogens with zero attached hydrogens (tertiary/aromatic N) is 4. The van der Waals surface area contributed by atoms with Gasteiger partial charge in [0.15, 0.2) is 0 Å². The van der Waals surface area contributed by atoms with E-state index in [0.717, 1.165) is 22.6 Å². The van der Waals surface area contributed by atoms with Crippen LogP contribution >= 0.6 is 11.6 Å². The second-order valence-electron chi connectivity index (χ2n) is 7.02. The highest BCUT2D eigenvalue weighted by Crippen LogP contribution is 2.25. The van der Waals surface area contributed by atoms with E-state index in [1.165, 1.54) is 0 Å². The maximum absolute atomic E-state index is 12.6. The molecule has 6 nitrogen and oxygen atoms in total. The number of methoxy groups -OCH3 is 1. The fourth-order valence-electron chi connectivity index (χ4n) is 3.38. The molecule has 1 aliphatic rings. The molecule has 2 heterocycles. The van der Waals surface area contributed by atoms with E-state index < -0.39 is 0 Å². The molecule has 0 unspecified atom stereocenters. The number of hydrogen-bond acceptors (Lipinski definition) is 3. The molecule has 0 bridgehead atoms. The minimum atomic E-state index is -0.342. The maximum atomic E-state index is 12.6. The van der Waals surface area contributed by atoms with Gasteiger partial charge in [0.1, 0.15) is 17.2 Å². The van der Waals surface area contributed by atoms with E-state index in [-0.39, 0.29) is 6.03 Å². The van der Waals surface area contributed by atoms with E-state index in [1.807, 2.05) is 60.0 Å². The summed E-state index contributed by atoms with van der Waals surface area (Å²) in [5.74, 6) is 0.766. The van der Waals surface area contributed by atoms with Gasteiger partial charge in [-0.1, -0.05) is 48.5 Å². The highest BCUT2D eigenvalue weighted by molar-refractivity contribution is 6.31. The van der Waals surface area contributed by atoms with Crippen LogP contribution in [0, 0.1) is 6.92 Å². The molecule has 0 aliphatic carbocycles. The fourth-order valence-corrected chi connectivity index (χ4v) is 3.57. The van der Waals surface area contributed by atoms with Gasteiger partial charge in [0.05, 0.1) is 32.2 Å². The van der Waals surface area contributed by atoms with Crippen LogP contribution in [-0.4, -0.2) is 33.3 Å². The lowest BCUT2D eigenvalue weighted by atomic mass is 10.1. The van der Waals surface area contributed by atoms with Gasteiger partial charge in [-0.25, -0.2) is 9.78 Å². The van der Waals surface area contributed by atoms with Crippen LogP contribution in [0.5, 0.6) is 5.75 Å². The number of carbonyl (C=O) groups excluding carboxylic acids is 1. The first-order valence-corrected chi connectivity index (χ1v) is 9.83. The first kappa shape index (κ1) is 19.9. The van der Waals surface area contributed by atoms with E-state index in [9.17, 15) is 4.79 Å². The zero-order valence-electron chi connectivity index (χ0n) is 16.8. The minimum Gasteiger partial charge on any atom is -0.497 e. The lowest BCUT2D eigenvalue weighted by Gasteiger charge is -2.17. The number of aliphatic imine (C=N–C) groups is 1. The minimum absolute atomic E-state index is 0.342. The van der Waals surface area contributed by atoms with Crippen molar-refractivity contribution in [1.29, 1.82) is 0 Å². The number of amides is 2. The van der Waals surface area contributed by atoms with Crippen LogP contribution in [-0.2, 0) is 13.1 Å². The third-order valence-corrected chi connectivity index (χ3v) is 5.53. The number of imidazole rings is 1. The van der Waals surface area contributed by atoms with Gasteiger partial charge >= 0.3 is 6.03 Å². The van der Waals surface area contributed by atoms with Gasteiger partial charge in [0.2, 0.25) is 0 Å². The Labute approximate surface area is 180 Å². The van der Waals surface area contributed by atoms with Crippen LogP contribution in [0.25, 0.3) is 0 Å². The van der Waals surface area contributed by atoms with Crippen molar-refractivity contribution in [2.45, 2.75) is 20.0 Å². The Morgan fingerprint density at radius 1 is 1.10 bits per heavy atom. The van der Waals surface area contributed by atoms with Crippen molar-refractivity contribution in [3.63, 3.8) is 0 Å². The molecular formula is C23H21ClN4O2. The molecule has 0 radical (unpaired) electrons. The number of halogens is 1. The molecule has 152 valence electrons. The molecule has 7 heteroatoms. The Bertz CT molecular complexity index is 1150. The van der Waals surface area contributed by atoms with Crippen molar-refractivity contribution < 1.29 is 9.53 Å². The number of aromatic nitrogens is 2. The zero-order chi connectivity index (χ0) is 21.3. The van der Waals surface area contributed by atoms with Crippen LogP contribution in [0.3, 0.4) is 0 Å². The molecule has 0 saturated heterocycles. The Balaban J connectivity index is 1.54. The van der Waals surface area contributed by atoms with Crippen LogP contribution in [0.1, 0.15) is 22.5 Å². The van der Waals surface area contributed by atoms with Crippen LogP contribution in [0.15, 0.2) is 72.1 Å². The SMILES string of the molecule is C=C1C(c2ncn(Cc3ccccc3Cl)c2C)=NC(=O)N1Cc1ccc(OC)cc1. The smallest absolute Gasteiger partial charge is 0.349 e. The summed E-state index contributed by atoms with van der Waals surface area (Å²) in [6.07, 6.45) is 1.74. The molecule has 3 aromatic rings. The van der Waals surface area contributed by atoms with Crippen molar-refractivity contribution in [1.82, 2.24) is 14.5 Å². The van der Waals surface area contributed by atoms with E-state index in [1.54, 1.807) is 18.3 Å². The molecule has 2 amide bonds. The Kier molecular flexibility index (Phi) is 5.42. The summed E-state index contributed by atoms with van der Waals surface area (Å²) >= 11 is 6.29. The van der Waals surface area contributed by atoms with Crippen LogP contribution in [0.2, 0.25) is 5.02 Å². The van der Waals surface area contributed by atoms with Gasteiger partial charge in [0, 0.05) is 10.7 Å². The molecule has 0 atom stereocenters. The monoisotopic (exact) mass is 420 g/mol. The topological polar surface area (TPSA) is 59.7 Å². The van der Waals surface area contributed by atoms with Crippen LogP contribution in [0.4, 0.5) is 4.79 Å². The number of allylic oxidation sites excluding steroid dienone is 1. The molecule has 0 spiro atoms. The third-order valence-electron chi connectivity index (χ3n) is 5.16. The summed E-state index contributed by atoms with van der Waals surface area (Å²) in [6.45, 7) is 7.02. The molecule has 0 N–H and O–H groups in total. The molecule has 1 aromatic heterocycles. The van der Waals surface area contributed by atoms with E-state index in [2.05, 4.69) is 16.6 Å². The molecule has 4 rings (SSSR count). The average Bonchev–Trinajstić information content (AvgIpc) is 3.24. The summed E-state index contributed by atoms with van der Waals surface area (Å²) in [5.41, 5.74) is 4.55. The predicted molar refractivity (Wildman–Crippen MR) is 117 cm³/mol. The van der Waals surface area contributed by atoms with Crippen molar-refractivity contribution in [3.05, 3.63) is 94.7 Å². The van der Waals surface area contributed by atoms with Crippen LogP contribution < -0.4 is 4.74 Å². The fraction of sp³-hybridized carbons (Fsp3) is 0.174. The molecule has 0 saturated carbocycles. The highest BCUT2D eigenvalue weighted by atomic mass is 35.5. The summed E-state index contributed by atoms with van der Waals surface area (Å²) in [6, 6.07) is 14.9. The lowest BCUT2D eigenvalue weighted by molar-refractivity contribution is 0.225. The van der Waals surface area contributed by atoms with E-state index >= 15 is 0 Å². The van der Waals surface area contributed by atoms with Gasteiger partial charge in [-0.15, -0.1) is 0 Å². The maximum Gasteiger partial charge on any atom is 0.349 e. The number of ether oxygens (including phenoxy) is 1. The first-order valence-electron chi connectivity index (χ1n) is 9.46. The second kappa shape index (κ2) is 8.16. The highest BCUT2D eigenvalue weighted by Gasteiger charge is 2.31. The third kappa shape index (κ3) is 3.74. The van der Waals surface area contributed by atoms with Crippen molar-refractivity contribution in [2.75, 3.05) is 7.11 Å². The second-order valence-corrected chi connectivity index (χ2v) is 7.43. The number of carbonyl (C=O) groups is 1. The van der Waals surface area contributed by atoms with Gasteiger partial charge in [-0.2, -0.15) is 4.99 Å². The molecule has 0 fully saturated rings. The lowest BCUT2D eigenvalue weighted by Crippen LogP contribution is -2.24. The summed E-state index contributed by atoms with van der Waals surface area (Å²) in [5, 5.41) is 0.704. The van der Waals surface area contributed by atoms with Gasteiger partial charge in [-0.3, -0.25) is 4.90 Å². The quantitative estimate of drug-likeness (QED) is 0.573. The standard InChI is InChI=1S/C23H21ClN4O2/c1-15-21(25-14-27(15)13-18-6-4-5-7-20(18)24)22-16(2)28(23(29)26-22)12-17-8-10-19(30-3)11-9-17/h4-11,14H,2,12-13H2,1,3H3. The Morgan fingerprint density at radius 2 is 1.83 bits per heavy atom. The summed E-state index contributed by atoms with van der Waals surface area (Å²) < 4.78 is 7.17. The van der Waals surface area contributed by atoms with Crippen molar-refractivity contribution >= 4 is 23.3 Å². The van der Waals surface area contributed by atoms with Crippen molar-refractivity contribution in [2.24, 2.45) is 4.99 Å². The molecule has 2 aromatic carbocycles. The van der Waals surface area contributed by atoms with E-state index in [0.29, 0.717) is 35.2 Å². The van der Waals surface area contributed by atoms with Gasteiger partial charge in [0.25, 0.3) is 0 Å². The Morgan fingerprint density at radius 3 is 2.53 bits per heavy atom. The Hall–Kier alpha value is -3.38. The van der Waals surface area contributed by atoms with Crippen molar-refractivity contribution in [3.8, 4) is 5.75 Å². The normalized spacial score (nSPS) is 13.7. The molecular weight excluding hydrogens is 400 g/mol. The predicted octanol–water partition coefficient (Wildman–Crippen LogP) is 4.84. The number of hydrogen-bond donors (Lipinski definition) is 0. The number of rotatable bonds is 6. The summed E-state index contributed by atoms with van der Waals surface area (Å²) in [7, 11) is 1.62. The molecule has 30 heavy (non-hydrogen) atoms. The molecule has 1 aliphatic heterocycles. The largest absolute Gasteiger partial charge is 0.497 e. The number of urea groups is 1.